The number of pyridine rings is 1. The van der Waals surface area contributed by atoms with E-state index in [1.165, 1.54) is 0 Å². The minimum Gasteiger partial charge on any atom is -0.387 e. The molecule has 0 saturated carbocycles. The van der Waals surface area contributed by atoms with E-state index in [9.17, 15) is 5.11 Å². The van der Waals surface area contributed by atoms with Crippen LogP contribution in [0.3, 0.4) is 0 Å². The molecule has 11 heavy (non-hydrogen) atoms. The first-order valence-corrected chi connectivity index (χ1v) is 3.36. The molecular weight excluding hydrogens is 142 g/mol. The van der Waals surface area contributed by atoms with E-state index in [2.05, 4.69) is 10.4 Å². The quantitative estimate of drug-likeness (QED) is 0.407. The summed E-state index contributed by atoms with van der Waals surface area (Å²) in [5.74, 6) is 5.04. The van der Waals surface area contributed by atoms with Gasteiger partial charge in [-0.05, 0) is 6.07 Å². The Morgan fingerprint density at radius 2 is 2.55 bits per heavy atom. The van der Waals surface area contributed by atoms with Crippen molar-refractivity contribution in [1.29, 1.82) is 0 Å². The average molecular weight is 153 g/mol. The number of nitrogens with zero attached hydrogens (tertiary/aromatic N) is 1. The van der Waals surface area contributed by atoms with Crippen LogP contribution in [0, 0.1) is 0 Å². The number of hydrazine groups is 1. The fourth-order valence-corrected chi connectivity index (χ4v) is 0.803. The smallest absolute Gasteiger partial charge is 0.0943 e. The summed E-state index contributed by atoms with van der Waals surface area (Å²) >= 11 is 0. The van der Waals surface area contributed by atoms with Crippen molar-refractivity contribution in [1.82, 2.24) is 10.4 Å². The summed E-state index contributed by atoms with van der Waals surface area (Å²) in [6.45, 7) is 0.339. The van der Waals surface area contributed by atoms with Crippen molar-refractivity contribution >= 4 is 0 Å². The SMILES string of the molecule is NNCC(O)c1cccnc1. The van der Waals surface area contributed by atoms with Gasteiger partial charge in [-0.2, -0.15) is 0 Å². The predicted octanol–water partition coefficient (Wildman–Crippen LogP) is -0.422. The number of hydrogen-bond acceptors (Lipinski definition) is 4. The lowest BCUT2D eigenvalue weighted by Gasteiger charge is -2.07. The summed E-state index contributed by atoms with van der Waals surface area (Å²) in [4.78, 5) is 3.86. The second kappa shape index (κ2) is 4.02. The number of nitrogens with two attached hydrogens (primary N) is 1. The first kappa shape index (κ1) is 8.13. The lowest BCUT2D eigenvalue weighted by Crippen LogP contribution is -2.27. The lowest BCUT2D eigenvalue weighted by molar-refractivity contribution is 0.175. The molecule has 0 spiro atoms. The van der Waals surface area contributed by atoms with Gasteiger partial charge in [-0.1, -0.05) is 6.07 Å². The minimum atomic E-state index is -0.575. The molecule has 4 N–H and O–H groups in total. The monoisotopic (exact) mass is 153 g/mol. The third-order valence-corrected chi connectivity index (χ3v) is 1.38. The molecule has 1 unspecified atom stereocenters. The maximum Gasteiger partial charge on any atom is 0.0943 e. The molecule has 60 valence electrons. The van der Waals surface area contributed by atoms with Gasteiger partial charge >= 0.3 is 0 Å². The van der Waals surface area contributed by atoms with Crippen LogP contribution in [0.25, 0.3) is 0 Å². The molecule has 1 atom stereocenters. The molecule has 1 aromatic rings. The minimum absolute atomic E-state index is 0.339. The molecule has 4 nitrogen and oxygen atoms in total. The molecule has 1 heterocycles. The Morgan fingerprint density at radius 1 is 1.73 bits per heavy atom. The Morgan fingerprint density at radius 3 is 3.09 bits per heavy atom. The highest BCUT2D eigenvalue weighted by molar-refractivity contribution is 5.11. The third-order valence-electron chi connectivity index (χ3n) is 1.38. The first-order valence-electron chi connectivity index (χ1n) is 3.36. The van der Waals surface area contributed by atoms with Crippen molar-refractivity contribution in [3.05, 3.63) is 30.1 Å². The number of rotatable bonds is 3. The van der Waals surface area contributed by atoms with Crippen molar-refractivity contribution in [2.24, 2.45) is 5.84 Å². The summed E-state index contributed by atoms with van der Waals surface area (Å²) in [6.07, 6.45) is 2.70. The summed E-state index contributed by atoms with van der Waals surface area (Å²) in [7, 11) is 0. The Labute approximate surface area is 65.0 Å². The average Bonchev–Trinajstić information content (AvgIpc) is 2.07. The van der Waals surface area contributed by atoms with E-state index in [0.717, 1.165) is 5.56 Å². The largest absolute Gasteiger partial charge is 0.387 e. The van der Waals surface area contributed by atoms with E-state index >= 15 is 0 Å². The fourth-order valence-electron chi connectivity index (χ4n) is 0.803. The summed E-state index contributed by atoms with van der Waals surface area (Å²) in [5.41, 5.74) is 3.16. The number of hydrogen-bond donors (Lipinski definition) is 3. The normalized spacial score (nSPS) is 12.9. The Balaban J connectivity index is 2.61. The zero-order chi connectivity index (χ0) is 8.10. The Kier molecular flexibility index (Phi) is 2.97. The van der Waals surface area contributed by atoms with Gasteiger partial charge < -0.3 is 5.11 Å². The molecular formula is C7H11N3O. The van der Waals surface area contributed by atoms with Crippen LogP contribution in [0.1, 0.15) is 11.7 Å². The summed E-state index contributed by atoms with van der Waals surface area (Å²) in [5, 5.41) is 9.34. The van der Waals surface area contributed by atoms with Gasteiger partial charge in [0.2, 0.25) is 0 Å². The van der Waals surface area contributed by atoms with Crippen molar-refractivity contribution in [2.45, 2.75) is 6.10 Å². The highest BCUT2D eigenvalue weighted by Gasteiger charge is 2.04. The predicted molar refractivity (Wildman–Crippen MR) is 41.4 cm³/mol. The highest BCUT2D eigenvalue weighted by atomic mass is 16.3. The van der Waals surface area contributed by atoms with Crippen molar-refractivity contribution in [2.75, 3.05) is 6.54 Å². The molecule has 4 heteroatoms. The first-order chi connectivity index (χ1) is 5.34. The maximum absolute atomic E-state index is 9.34. The number of nitrogens with one attached hydrogen (secondary N) is 1. The topological polar surface area (TPSA) is 71.2 Å². The van der Waals surface area contributed by atoms with Gasteiger partial charge in [0.15, 0.2) is 0 Å². The van der Waals surface area contributed by atoms with E-state index < -0.39 is 6.10 Å². The highest BCUT2D eigenvalue weighted by Crippen LogP contribution is 2.07. The van der Waals surface area contributed by atoms with Crippen LogP contribution in [-0.2, 0) is 0 Å². The van der Waals surface area contributed by atoms with Crippen molar-refractivity contribution in [3.63, 3.8) is 0 Å². The van der Waals surface area contributed by atoms with Gasteiger partial charge in [0.1, 0.15) is 0 Å². The van der Waals surface area contributed by atoms with Crippen LogP contribution in [0.4, 0.5) is 0 Å². The molecule has 0 amide bonds. The second-order valence-corrected chi connectivity index (χ2v) is 2.21. The summed E-state index contributed by atoms with van der Waals surface area (Å²) < 4.78 is 0. The molecule has 0 aliphatic carbocycles. The molecule has 0 saturated heterocycles. The van der Waals surface area contributed by atoms with Gasteiger partial charge in [0, 0.05) is 24.5 Å². The zero-order valence-electron chi connectivity index (χ0n) is 6.07. The van der Waals surface area contributed by atoms with Gasteiger partial charge in [-0.3, -0.25) is 16.3 Å². The molecule has 1 aromatic heterocycles. The van der Waals surface area contributed by atoms with Gasteiger partial charge in [0.25, 0.3) is 0 Å². The van der Waals surface area contributed by atoms with Crippen LogP contribution in [-0.4, -0.2) is 16.6 Å². The lowest BCUT2D eigenvalue weighted by atomic mass is 10.2. The van der Waals surface area contributed by atoms with Crippen molar-refractivity contribution < 1.29 is 5.11 Å². The molecule has 0 aliphatic rings. The zero-order valence-corrected chi connectivity index (χ0v) is 6.07. The van der Waals surface area contributed by atoms with E-state index in [4.69, 9.17) is 5.84 Å². The van der Waals surface area contributed by atoms with Crippen LogP contribution < -0.4 is 11.3 Å². The fraction of sp³-hybridized carbons (Fsp3) is 0.286. The number of aliphatic hydroxyl groups is 1. The van der Waals surface area contributed by atoms with Gasteiger partial charge in [-0.25, -0.2) is 0 Å². The standard InChI is InChI=1S/C7H11N3O/c8-10-5-7(11)6-2-1-3-9-4-6/h1-4,7,10-11H,5,8H2. The Bertz CT molecular complexity index is 202. The maximum atomic E-state index is 9.34. The molecule has 0 radical (unpaired) electrons. The van der Waals surface area contributed by atoms with Crippen LogP contribution in [0.2, 0.25) is 0 Å². The second-order valence-electron chi connectivity index (χ2n) is 2.21. The van der Waals surface area contributed by atoms with E-state index in [1.807, 2.05) is 0 Å². The van der Waals surface area contributed by atoms with Gasteiger partial charge in [0.05, 0.1) is 6.10 Å². The van der Waals surface area contributed by atoms with E-state index in [1.54, 1.807) is 24.5 Å². The number of aliphatic hydroxyl groups excluding tert-OH is 1. The Hall–Kier alpha value is -0.970. The van der Waals surface area contributed by atoms with Crippen LogP contribution in [0.15, 0.2) is 24.5 Å². The molecule has 1 rings (SSSR count). The third kappa shape index (κ3) is 2.27. The van der Waals surface area contributed by atoms with Crippen LogP contribution in [0.5, 0.6) is 0 Å². The number of aromatic nitrogens is 1. The van der Waals surface area contributed by atoms with Crippen LogP contribution >= 0.6 is 0 Å². The van der Waals surface area contributed by atoms with E-state index in [-0.39, 0.29) is 0 Å². The molecule has 0 bridgehead atoms. The molecule has 0 fully saturated rings. The summed E-state index contributed by atoms with van der Waals surface area (Å²) in [6, 6.07) is 3.57. The van der Waals surface area contributed by atoms with E-state index in [0.29, 0.717) is 6.54 Å². The molecule has 0 aliphatic heterocycles. The van der Waals surface area contributed by atoms with Crippen molar-refractivity contribution in [3.8, 4) is 0 Å². The molecule has 0 aromatic carbocycles. The van der Waals surface area contributed by atoms with Gasteiger partial charge in [-0.15, -0.1) is 0 Å².